The van der Waals surface area contributed by atoms with E-state index in [1.165, 1.54) is 24.8 Å². The average molecular weight is 469 g/mol. The SMILES string of the molecule is COc1c(Cl)cc(Cl)cc1C(=O)Nc1cc(-c2nc3cc(C(C)C)ccc3o2)ccc1C. The molecule has 0 atom stereocenters. The Bertz CT molecular complexity index is 1330. The Kier molecular flexibility index (Phi) is 6.13. The van der Waals surface area contributed by atoms with Crippen LogP contribution >= 0.6 is 23.2 Å². The molecule has 0 saturated carbocycles. The number of nitrogens with one attached hydrogen (secondary N) is 1. The molecule has 0 spiro atoms. The highest BCUT2D eigenvalue weighted by molar-refractivity contribution is 6.36. The summed E-state index contributed by atoms with van der Waals surface area (Å²) in [5, 5.41) is 3.53. The first-order valence-electron chi connectivity index (χ1n) is 10.1. The van der Waals surface area contributed by atoms with Crippen LogP contribution in [0.5, 0.6) is 5.75 Å². The number of ether oxygens (including phenoxy) is 1. The molecule has 1 amide bonds. The van der Waals surface area contributed by atoms with Gasteiger partial charge in [-0.25, -0.2) is 4.98 Å². The number of halogens is 2. The predicted molar refractivity (Wildman–Crippen MR) is 129 cm³/mol. The Morgan fingerprint density at radius 1 is 1.09 bits per heavy atom. The van der Waals surface area contributed by atoms with Crippen LogP contribution < -0.4 is 10.1 Å². The van der Waals surface area contributed by atoms with E-state index in [0.29, 0.717) is 28.1 Å². The summed E-state index contributed by atoms with van der Waals surface area (Å²) in [4.78, 5) is 17.6. The van der Waals surface area contributed by atoms with Gasteiger partial charge in [-0.15, -0.1) is 0 Å². The number of carbonyl (C=O) groups excluding carboxylic acids is 1. The van der Waals surface area contributed by atoms with Gasteiger partial charge in [0.05, 0.1) is 17.7 Å². The first-order valence-corrected chi connectivity index (χ1v) is 10.9. The van der Waals surface area contributed by atoms with Gasteiger partial charge in [-0.05, 0) is 60.4 Å². The number of methoxy groups -OCH3 is 1. The fraction of sp³-hybridized carbons (Fsp3) is 0.200. The van der Waals surface area contributed by atoms with E-state index in [1.807, 2.05) is 43.3 Å². The zero-order chi connectivity index (χ0) is 23.0. The minimum atomic E-state index is -0.384. The predicted octanol–water partition coefficient (Wildman–Crippen LogP) is 7.49. The molecule has 5 nitrogen and oxygen atoms in total. The van der Waals surface area contributed by atoms with Gasteiger partial charge < -0.3 is 14.5 Å². The van der Waals surface area contributed by atoms with Gasteiger partial charge in [-0.3, -0.25) is 4.79 Å². The van der Waals surface area contributed by atoms with E-state index in [-0.39, 0.29) is 22.2 Å². The summed E-state index contributed by atoms with van der Waals surface area (Å²) in [5.74, 6) is 0.769. The number of aryl methyl sites for hydroxylation is 1. The van der Waals surface area contributed by atoms with Crippen molar-refractivity contribution in [2.45, 2.75) is 26.7 Å². The lowest BCUT2D eigenvalue weighted by Crippen LogP contribution is -2.14. The number of anilines is 1. The van der Waals surface area contributed by atoms with Crippen molar-refractivity contribution in [2.75, 3.05) is 12.4 Å². The Morgan fingerprint density at radius 2 is 1.88 bits per heavy atom. The molecular formula is C25H22Cl2N2O3. The number of hydrogen-bond donors (Lipinski definition) is 1. The minimum absolute atomic E-state index is 0.248. The highest BCUT2D eigenvalue weighted by Crippen LogP contribution is 2.34. The van der Waals surface area contributed by atoms with Crippen LogP contribution in [0, 0.1) is 6.92 Å². The first-order chi connectivity index (χ1) is 15.3. The lowest BCUT2D eigenvalue weighted by molar-refractivity contribution is 0.102. The summed E-state index contributed by atoms with van der Waals surface area (Å²) >= 11 is 12.3. The van der Waals surface area contributed by atoms with Gasteiger partial charge in [-0.2, -0.15) is 0 Å². The third kappa shape index (κ3) is 4.31. The largest absolute Gasteiger partial charge is 0.494 e. The first kappa shape index (κ1) is 22.2. The molecular weight excluding hydrogens is 447 g/mol. The molecule has 0 aliphatic carbocycles. The molecule has 4 aromatic rings. The van der Waals surface area contributed by atoms with Crippen LogP contribution in [0.2, 0.25) is 10.0 Å². The number of nitrogens with zero attached hydrogens (tertiary/aromatic N) is 1. The van der Waals surface area contributed by atoms with Crippen molar-refractivity contribution in [3.05, 3.63) is 75.3 Å². The van der Waals surface area contributed by atoms with E-state index in [9.17, 15) is 4.79 Å². The second-order valence-corrected chi connectivity index (χ2v) is 8.70. The number of amides is 1. The van der Waals surface area contributed by atoms with E-state index in [4.69, 9.17) is 32.4 Å². The van der Waals surface area contributed by atoms with E-state index in [2.05, 4.69) is 24.1 Å². The molecule has 0 fully saturated rings. The molecule has 0 saturated heterocycles. The summed E-state index contributed by atoms with van der Waals surface area (Å²) in [6, 6.07) is 14.7. The van der Waals surface area contributed by atoms with Crippen LogP contribution in [0.25, 0.3) is 22.6 Å². The van der Waals surface area contributed by atoms with E-state index in [0.717, 1.165) is 16.6 Å². The number of carbonyl (C=O) groups is 1. The molecule has 0 aliphatic rings. The maximum absolute atomic E-state index is 13.0. The van der Waals surface area contributed by atoms with Crippen molar-refractivity contribution >= 4 is 45.9 Å². The summed E-state index contributed by atoms with van der Waals surface area (Å²) in [6.07, 6.45) is 0. The van der Waals surface area contributed by atoms with Crippen LogP contribution in [0.3, 0.4) is 0 Å². The number of fused-ring (bicyclic) bond motifs is 1. The third-order valence-corrected chi connectivity index (χ3v) is 5.77. The second-order valence-electron chi connectivity index (χ2n) is 7.85. The monoisotopic (exact) mass is 468 g/mol. The maximum Gasteiger partial charge on any atom is 0.259 e. The number of rotatable bonds is 5. The minimum Gasteiger partial charge on any atom is -0.494 e. The zero-order valence-electron chi connectivity index (χ0n) is 18.1. The van der Waals surface area contributed by atoms with Gasteiger partial charge in [0, 0.05) is 16.3 Å². The smallest absolute Gasteiger partial charge is 0.259 e. The topological polar surface area (TPSA) is 64.4 Å². The van der Waals surface area contributed by atoms with Gasteiger partial charge in [0.2, 0.25) is 5.89 Å². The van der Waals surface area contributed by atoms with E-state index >= 15 is 0 Å². The van der Waals surface area contributed by atoms with Crippen molar-refractivity contribution in [1.29, 1.82) is 0 Å². The van der Waals surface area contributed by atoms with Gasteiger partial charge in [0.1, 0.15) is 11.3 Å². The number of benzene rings is 3. The normalized spacial score (nSPS) is 11.2. The standard InChI is InChI=1S/C25H22Cl2N2O3/c1-13(2)15-7-8-22-21(9-15)29-25(32-22)16-6-5-14(3)20(10-16)28-24(30)18-11-17(26)12-19(27)23(18)31-4/h5-13H,1-4H3,(H,28,30). The van der Waals surface area contributed by atoms with Gasteiger partial charge in [-0.1, -0.05) is 49.2 Å². The number of aromatic nitrogens is 1. The Hall–Kier alpha value is -3.02. The van der Waals surface area contributed by atoms with E-state index < -0.39 is 0 Å². The second kappa shape index (κ2) is 8.85. The third-order valence-electron chi connectivity index (χ3n) is 5.27. The Balaban J connectivity index is 1.68. The lowest BCUT2D eigenvalue weighted by atomic mass is 10.0. The summed E-state index contributed by atoms with van der Waals surface area (Å²) < 4.78 is 11.3. The van der Waals surface area contributed by atoms with Crippen molar-refractivity contribution in [2.24, 2.45) is 0 Å². The molecule has 0 unspecified atom stereocenters. The average Bonchev–Trinajstić information content (AvgIpc) is 3.18. The molecule has 4 rings (SSSR count). The highest BCUT2D eigenvalue weighted by Gasteiger charge is 2.18. The van der Waals surface area contributed by atoms with E-state index in [1.54, 1.807) is 0 Å². The number of hydrogen-bond acceptors (Lipinski definition) is 4. The van der Waals surface area contributed by atoms with Gasteiger partial charge >= 0.3 is 0 Å². The molecule has 32 heavy (non-hydrogen) atoms. The van der Waals surface area contributed by atoms with Crippen LogP contribution in [0.15, 0.2) is 52.9 Å². The molecule has 1 aromatic heterocycles. The highest BCUT2D eigenvalue weighted by atomic mass is 35.5. The van der Waals surface area contributed by atoms with Crippen LogP contribution in [0.4, 0.5) is 5.69 Å². The molecule has 3 aromatic carbocycles. The molecule has 0 bridgehead atoms. The summed E-state index contributed by atoms with van der Waals surface area (Å²) in [6.45, 7) is 6.18. The van der Waals surface area contributed by atoms with Gasteiger partial charge in [0.25, 0.3) is 5.91 Å². The van der Waals surface area contributed by atoms with Gasteiger partial charge in [0.15, 0.2) is 5.58 Å². The quantitative estimate of drug-likeness (QED) is 0.329. The molecule has 0 aliphatic heterocycles. The molecule has 7 heteroatoms. The van der Waals surface area contributed by atoms with Crippen molar-refractivity contribution in [3.8, 4) is 17.2 Å². The lowest BCUT2D eigenvalue weighted by Gasteiger charge is -2.13. The number of oxazole rings is 1. The Labute approximate surface area is 196 Å². The molecule has 164 valence electrons. The fourth-order valence-electron chi connectivity index (χ4n) is 3.44. The molecule has 1 heterocycles. The summed E-state index contributed by atoms with van der Waals surface area (Å²) in [5.41, 5.74) is 5.22. The summed E-state index contributed by atoms with van der Waals surface area (Å²) in [7, 11) is 1.45. The fourth-order valence-corrected chi connectivity index (χ4v) is 4.01. The van der Waals surface area contributed by atoms with Crippen LogP contribution in [-0.2, 0) is 0 Å². The Morgan fingerprint density at radius 3 is 2.59 bits per heavy atom. The van der Waals surface area contributed by atoms with Crippen molar-refractivity contribution in [3.63, 3.8) is 0 Å². The zero-order valence-corrected chi connectivity index (χ0v) is 19.6. The van der Waals surface area contributed by atoms with Crippen molar-refractivity contribution < 1.29 is 13.9 Å². The van der Waals surface area contributed by atoms with Crippen LogP contribution in [-0.4, -0.2) is 18.0 Å². The van der Waals surface area contributed by atoms with Crippen molar-refractivity contribution in [1.82, 2.24) is 4.98 Å². The molecule has 1 N–H and O–H groups in total. The maximum atomic E-state index is 13.0. The van der Waals surface area contributed by atoms with Crippen LogP contribution in [0.1, 0.15) is 41.3 Å². The molecule has 0 radical (unpaired) electrons.